The molecule has 8 nitrogen and oxygen atoms in total. The molecule has 0 aromatic heterocycles. The van der Waals surface area contributed by atoms with E-state index < -0.39 is 21.7 Å². The zero-order chi connectivity index (χ0) is 23.4. The second kappa shape index (κ2) is 9.81. The zero-order valence-corrected chi connectivity index (χ0v) is 19.3. The van der Waals surface area contributed by atoms with Gasteiger partial charge in [-0.05, 0) is 63.4 Å². The highest BCUT2D eigenvalue weighted by Crippen LogP contribution is 2.19. The molecule has 0 spiro atoms. The SMILES string of the molecule is CC(C)(C)NS(=O)(=O)c1ccccc1CNC(=O)c1cccc(NC(=O)C2CCCO2)c1. The quantitative estimate of drug-likeness (QED) is 0.589. The lowest BCUT2D eigenvalue weighted by atomic mass is 10.1. The molecule has 1 heterocycles. The molecule has 3 N–H and O–H groups in total. The number of carbonyl (C=O) groups excluding carboxylic acids is 2. The monoisotopic (exact) mass is 459 g/mol. The number of benzene rings is 2. The maximum atomic E-state index is 12.8. The summed E-state index contributed by atoms with van der Waals surface area (Å²) in [4.78, 5) is 25.0. The summed E-state index contributed by atoms with van der Waals surface area (Å²) < 4.78 is 33.5. The summed E-state index contributed by atoms with van der Waals surface area (Å²) in [7, 11) is -3.75. The molecule has 0 aliphatic carbocycles. The van der Waals surface area contributed by atoms with Crippen LogP contribution < -0.4 is 15.4 Å². The van der Waals surface area contributed by atoms with E-state index in [1.165, 1.54) is 6.07 Å². The fourth-order valence-electron chi connectivity index (χ4n) is 3.39. The fraction of sp³-hybridized carbons (Fsp3) is 0.391. The van der Waals surface area contributed by atoms with Crippen LogP contribution in [0.2, 0.25) is 0 Å². The minimum absolute atomic E-state index is 0.0343. The Morgan fingerprint density at radius 3 is 2.53 bits per heavy atom. The summed E-state index contributed by atoms with van der Waals surface area (Å²) >= 11 is 0. The predicted octanol–water partition coefficient (Wildman–Crippen LogP) is 2.81. The number of carbonyl (C=O) groups is 2. The Balaban J connectivity index is 1.68. The summed E-state index contributed by atoms with van der Waals surface area (Å²) in [6, 6.07) is 13.1. The molecule has 0 saturated carbocycles. The van der Waals surface area contributed by atoms with Gasteiger partial charge in [-0.2, -0.15) is 0 Å². The van der Waals surface area contributed by atoms with Gasteiger partial charge in [0.1, 0.15) is 6.10 Å². The van der Waals surface area contributed by atoms with E-state index >= 15 is 0 Å². The van der Waals surface area contributed by atoms with Crippen molar-refractivity contribution in [3.8, 4) is 0 Å². The van der Waals surface area contributed by atoms with Crippen LogP contribution in [0.4, 0.5) is 5.69 Å². The molecule has 3 rings (SSSR count). The van der Waals surface area contributed by atoms with Gasteiger partial charge < -0.3 is 15.4 Å². The Morgan fingerprint density at radius 2 is 1.84 bits per heavy atom. The molecule has 9 heteroatoms. The van der Waals surface area contributed by atoms with E-state index in [1.807, 2.05) is 0 Å². The number of hydrogen-bond donors (Lipinski definition) is 3. The molecule has 1 atom stereocenters. The van der Waals surface area contributed by atoms with E-state index in [9.17, 15) is 18.0 Å². The molecule has 1 aliphatic rings. The summed E-state index contributed by atoms with van der Waals surface area (Å²) in [5, 5.41) is 5.53. The number of ether oxygens (including phenoxy) is 1. The van der Waals surface area contributed by atoms with Crippen LogP contribution in [-0.2, 0) is 26.1 Å². The van der Waals surface area contributed by atoms with Crippen LogP contribution in [0, 0.1) is 0 Å². The highest BCUT2D eigenvalue weighted by Gasteiger charge is 2.25. The van der Waals surface area contributed by atoms with Crippen LogP contribution in [0.3, 0.4) is 0 Å². The van der Waals surface area contributed by atoms with Gasteiger partial charge >= 0.3 is 0 Å². The molecule has 1 unspecified atom stereocenters. The lowest BCUT2D eigenvalue weighted by molar-refractivity contribution is -0.124. The first-order valence-electron chi connectivity index (χ1n) is 10.5. The molecule has 2 amide bonds. The summed E-state index contributed by atoms with van der Waals surface area (Å²) in [6.45, 7) is 5.90. The van der Waals surface area contributed by atoms with E-state index in [0.717, 1.165) is 6.42 Å². The lowest BCUT2D eigenvalue weighted by Gasteiger charge is -2.21. The first-order chi connectivity index (χ1) is 15.0. The summed E-state index contributed by atoms with van der Waals surface area (Å²) in [5.41, 5.74) is 0.683. The first-order valence-corrected chi connectivity index (χ1v) is 12.0. The first kappa shape index (κ1) is 23.9. The molecular weight excluding hydrogens is 430 g/mol. The van der Waals surface area contributed by atoms with E-state index in [1.54, 1.807) is 63.2 Å². The molecule has 0 bridgehead atoms. The molecule has 172 valence electrons. The second-order valence-corrected chi connectivity index (χ2v) is 10.4. The van der Waals surface area contributed by atoms with Crippen molar-refractivity contribution in [2.24, 2.45) is 0 Å². The minimum atomic E-state index is -3.75. The third-order valence-corrected chi connectivity index (χ3v) is 6.61. The van der Waals surface area contributed by atoms with Crippen molar-refractivity contribution < 1.29 is 22.7 Å². The standard InChI is InChI=1S/C23H29N3O5S/c1-23(2,3)26-32(29,30)20-12-5-4-8-17(20)15-24-21(27)16-9-6-10-18(14-16)25-22(28)19-11-7-13-31-19/h4-6,8-10,12,14,19,26H,7,11,13,15H2,1-3H3,(H,24,27)(H,25,28). The highest BCUT2D eigenvalue weighted by atomic mass is 32.2. The lowest BCUT2D eigenvalue weighted by Crippen LogP contribution is -2.41. The number of anilines is 1. The molecular formula is C23H29N3O5S. The van der Waals surface area contributed by atoms with E-state index in [-0.39, 0.29) is 23.3 Å². The average Bonchev–Trinajstić information content (AvgIpc) is 3.26. The van der Waals surface area contributed by atoms with Crippen molar-refractivity contribution in [3.05, 3.63) is 59.7 Å². The zero-order valence-electron chi connectivity index (χ0n) is 18.5. The van der Waals surface area contributed by atoms with Gasteiger partial charge in [0.2, 0.25) is 10.0 Å². The van der Waals surface area contributed by atoms with Crippen LogP contribution in [-0.4, -0.2) is 38.5 Å². The Hall–Kier alpha value is -2.75. The molecule has 0 radical (unpaired) electrons. The molecule has 2 aromatic carbocycles. The maximum absolute atomic E-state index is 12.8. The molecule has 2 aromatic rings. The summed E-state index contributed by atoms with van der Waals surface area (Å²) in [5.74, 6) is -0.611. The molecule has 1 saturated heterocycles. The largest absolute Gasteiger partial charge is 0.368 e. The highest BCUT2D eigenvalue weighted by molar-refractivity contribution is 7.89. The van der Waals surface area contributed by atoms with Gasteiger partial charge in [0, 0.05) is 29.9 Å². The van der Waals surface area contributed by atoms with Gasteiger partial charge in [-0.3, -0.25) is 9.59 Å². The Morgan fingerprint density at radius 1 is 1.09 bits per heavy atom. The van der Waals surface area contributed by atoms with E-state index in [2.05, 4.69) is 15.4 Å². The van der Waals surface area contributed by atoms with Gasteiger partial charge in [0.15, 0.2) is 0 Å². The average molecular weight is 460 g/mol. The fourth-order valence-corrected chi connectivity index (χ4v) is 5.05. The minimum Gasteiger partial charge on any atom is -0.368 e. The van der Waals surface area contributed by atoms with Crippen molar-refractivity contribution in [2.45, 2.75) is 56.7 Å². The van der Waals surface area contributed by atoms with Gasteiger partial charge in [0.05, 0.1) is 4.90 Å². The number of rotatable bonds is 7. The van der Waals surface area contributed by atoms with Gasteiger partial charge in [-0.15, -0.1) is 0 Å². The Labute approximate surface area is 188 Å². The number of hydrogen-bond acceptors (Lipinski definition) is 5. The number of sulfonamides is 1. The van der Waals surface area contributed by atoms with Crippen LogP contribution in [0.25, 0.3) is 0 Å². The number of nitrogens with one attached hydrogen (secondary N) is 3. The topological polar surface area (TPSA) is 114 Å². The molecule has 32 heavy (non-hydrogen) atoms. The van der Waals surface area contributed by atoms with E-state index in [0.29, 0.717) is 29.8 Å². The third kappa shape index (κ3) is 6.38. The smallest absolute Gasteiger partial charge is 0.253 e. The number of amides is 2. The van der Waals surface area contributed by atoms with Crippen molar-refractivity contribution in [2.75, 3.05) is 11.9 Å². The van der Waals surface area contributed by atoms with Crippen molar-refractivity contribution >= 4 is 27.5 Å². The van der Waals surface area contributed by atoms with Crippen molar-refractivity contribution in [1.29, 1.82) is 0 Å². The van der Waals surface area contributed by atoms with E-state index in [4.69, 9.17) is 4.74 Å². The third-order valence-electron chi connectivity index (χ3n) is 4.76. The molecule has 1 fully saturated rings. The van der Waals surface area contributed by atoms with Gasteiger partial charge in [-0.25, -0.2) is 13.1 Å². The maximum Gasteiger partial charge on any atom is 0.253 e. The second-order valence-electron chi connectivity index (χ2n) is 8.72. The van der Waals surface area contributed by atoms with Crippen LogP contribution in [0.5, 0.6) is 0 Å². The summed E-state index contributed by atoms with van der Waals surface area (Å²) in [6.07, 6.45) is 1.06. The van der Waals surface area contributed by atoms with Crippen LogP contribution >= 0.6 is 0 Å². The predicted molar refractivity (Wildman–Crippen MR) is 122 cm³/mol. The normalized spacial score (nSPS) is 16.5. The van der Waals surface area contributed by atoms with Crippen molar-refractivity contribution in [3.63, 3.8) is 0 Å². The van der Waals surface area contributed by atoms with Gasteiger partial charge in [-0.1, -0.05) is 24.3 Å². The van der Waals surface area contributed by atoms with Crippen LogP contribution in [0.15, 0.2) is 53.4 Å². The van der Waals surface area contributed by atoms with Crippen molar-refractivity contribution in [1.82, 2.24) is 10.0 Å². The molecule has 1 aliphatic heterocycles. The van der Waals surface area contributed by atoms with Gasteiger partial charge in [0.25, 0.3) is 11.8 Å². The Bertz CT molecular complexity index is 1090. The van der Waals surface area contributed by atoms with Crippen LogP contribution in [0.1, 0.15) is 49.5 Å². The Kier molecular flexibility index (Phi) is 7.33.